The van der Waals surface area contributed by atoms with E-state index in [0.717, 1.165) is 78.9 Å². The summed E-state index contributed by atoms with van der Waals surface area (Å²) in [6.45, 7) is 9.11. The zero-order chi connectivity index (χ0) is 47.0. The van der Waals surface area contributed by atoms with E-state index in [1.165, 1.54) is 20.9 Å². The van der Waals surface area contributed by atoms with Gasteiger partial charge in [0.05, 0.1) is 12.7 Å². The lowest BCUT2D eigenvalue weighted by molar-refractivity contribution is 0.0899. The molecule has 5 aromatic carbocycles. The Labute approximate surface area is 425 Å². The fraction of sp³-hybridized carbons (Fsp3) is 0.138. The number of halogens is 1. The molecule has 0 radical (unpaired) electrons. The van der Waals surface area contributed by atoms with Crippen LogP contribution in [0.4, 0.5) is 0 Å². The van der Waals surface area contributed by atoms with Crippen LogP contribution in [0.25, 0.3) is 38.8 Å². The fourth-order valence-corrected chi connectivity index (χ4v) is 11.2. The summed E-state index contributed by atoms with van der Waals surface area (Å²) in [5.41, 5.74) is 9.00. The maximum Gasteiger partial charge on any atom is 0.142 e. The van der Waals surface area contributed by atoms with Crippen LogP contribution in [0.5, 0.6) is 0 Å². The first kappa shape index (κ1) is 48.3. The molecule has 0 saturated carbocycles. The number of aromatic amines is 1. The van der Waals surface area contributed by atoms with Gasteiger partial charge in [-0.05, 0) is 64.7 Å². The molecule has 1 aliphatic heterocycles. The molecule has 350 valence electrons. The Bertz CT molecular complexity index is 3260. The third kappa shape index (κ3) is 10.7. The minimum absolute atomic E-state index is 0. The first-order chi connectivity index (χ1) is 33.8. The molecule has 0 bridgehead atoms. The van der Waals surface area contributed by atoms with E-state index in [2.05, 4.69) is 214 Å². The molecule has 5 aromatic heterocycles. The number of aliphatic imine (C=N–C) groups is 1. The number of hydrogen-bond acceptors (Lipinski definition) is 7. The van der Waals surface area contributed by atoms with Gasteiger partial charge in [0.25, 0.3) is 0 Å². The Morgan fingerprint density at radius 2 is 1.17 bits per heavy atom. The molecule has 0 saturated heterocycles. The van der Waals surface area contributed by atoms with Crippen LogP contribution in [0, 0.1) is 0 Å². The van der Waals surface area contributed by atoms with Crippen molar-refractivity contribution >= 4 is 77.9 Å². The molecule has 8 nitrogen and oxygen atoms in total. The highest BCUT2D eigenvalue weighted by Crippen LogP contribution is 2.42. The largest absolute Gasteiger partial charge is 0.361 e. The number of aromatic nitrogens is 6. The van der Waals surface area contributed by atoms with Gasteiger partial charge in [-0.2, -0.15) is 5.10 Å². The molecular formula is C58H54ClN7OS2Si. The molecule has 0 unspecified atom stereocenters. The fourth-order valence-electron chi connectivity index (χ4n) is 8.72. The molecule has 1 N–H and O–H groups in total. The zero-order valence-electron chi connectivity index (χ0n) is 39.4. The zero-order valence-corrected chi connectivity index (χ0v) is 42.8. The lowest BCUT2D eigenvalue weighted by Gasteiger charge is -2.36. The van der Waals surface area contributed by atoms with Crippen molar-refractivity contribution in [3.63, 3.8) is 0 Å². The van der Waals surface area contributed by atoms with Crippen LogP contribution in [0.1, 0.15) is 22.3 Å². The summed E-state index contributed by atoms with van der Waals surface area (Å²) < 4.78 is 10.5. The van der Waals surface area contributed by atoms with E-state index in [9.17, 15) is 0 Å². The maximum atomic E-state index is 6.24. The van der Waals surface area contributed by atoms with Crippen LogP contribution in [0.15, 0.2) is 232 Å². The summed E-state index contributed by atoms with van der Waals surface area (Å²) in [5.74, 6) is 0. The van der Waals surface area contributed by atoms with Crippen molar-refractivity contribution in [2.45, 2.75) is 57.5 Å². The number of ether oxygens (including phenoxy) is 1. The van der Waals surface area contributed by atoms with E-state index in [1.54, 1.807) is 23.5 Å². The van der Waals surface area contributed by atoms with Gasteiger partial charge in [0, 0.05) is 98.9 Å². The molecule has 0 amide bonds. The van der Waals surface area contributed by atoms with Crippen molar-refractivity contribution in [2.24, 2.45) is 4.99 Å². The average Bonchev–Trinajstić information content (AvgIpc) is 4.23. The first-order valence-corrected chi connectivity index (χ1v) is 28.6. The third-order valence-corrected chi connectivity index (χ3v) is 15.8. The number of nitrogens with one attached hydrogen (secondary N) is 1. The molecule has 10 aromatic rings. The van der Waals surface area contributed by atoms with Crippen LogP contribution in [0.2, 0.25) is 25.7 Å². The normalized spacial score (nSPS) is 12.4. The van der Waals surface area contributed by atoms with E-state index >= 15 is 0 Å². The Balaban J connectivity index is 0.000000230. The summed E-state index contributed by atoms with van der Waals surface area (Å²) >= 11 is 3.45. The van der Waals surface area contributed by atoms with Gasteiger partial charge in [-0.15, -0.1) is 12.4 Å². The maximum absolute atomic E-state index is 6.24. The predicted molar refractivity (Wildman–Crippen MR) is 295 cm³/mol. The molecule has 0 fully saturated rings. The van der Waals surface area contributed by atoms with Crippen molar-refractivity contribution < 1.29 is 4.74 Å². The number of pyridine rings is 2. The molecule has 11 rings (SSSR count). The summed E-state index contributed by atoms with van der Waals surface area (Å²) in [6.07, 6.45) is 16.3. The summed E-state index contributed by atoms with van der Waals surface area (Å²) in [7, 11) is -1.20. The van der Waals surface area contributed by atoms with Crippen LogP contribution in [-0.4, -0.2) is 56.7 Å². The van der Waals surface area contributed by atoms with Crippen molar-refractivity contribution in [3.05, 3.63) is 229 Å². The molecule has 12 heteroatoms. The standard InChI is InChI=1S/C41H40N4OSSi.C17H13N3S.ClH/c1-48(2,3)25-24-46-31-44-30-39(38-26-37(28-42-40(38)44)47-36-22-14-7-15-23-36)32-27-43-45(29-32)41(33-16-8-4-9-17-33,34-18-10-5-11-19-34)35-20-12-6-13-21-35;1-2-4-13(5-3-1)21-14-8-15-16(12-6-7-18-9-12)11-20-17(15)19-10-14;/h4-23,26-30H,24-25,31H2,1-3H3;1-6,8-11H,7H2,(H,19,20);1H. The SMILES string of the molecule is C1=NCC=C1c1c[nH]c2ncc(Sc3ccccc3)cc12.C[Si](C)(C)CCOCn1cc(-c2cnn(C(c3ccccc3)(c3ccccc3)c3ccccc3)c2)c2cc(Sc3ccccc3)cnc21.Cl. The van der Waals surface area contributed by atoms with Gasteiger partial charge in [0.1, 0.15) is 23.6 Å². The predicted octanol–water partition coefficient (Wildman–Crippen LogP) is 14.8. The van der Waals surface area contributed by atoms with E-state index in [1.807, 2.05) is 43.1 Å². The lowest BCUT2D eigenvalue weighted by atomic mass is 9.77. The average molecular weight is 993 g/mol. The van der Waals surface area contributed by atoms with Gasteiger partial charge in [0.15, 0.2) is 0 Å². The number of benzene rings is 5. The van der Waals surface area contributed by atoms with Crippen molar-refractivity contribution in [1.82, 2.24) is 29.3 Å². The number of allylic oxidation sites excluding steroid dienone is 1. The summed E-state index contributed by atoms with van der Waals surface area (Å²) in [4.78, 5) is 21.6. The van der Waals surface area contributed by atoms with Crippen molar-refractivity contribution in [1.29, 1.82) is 0 Å². The van der Waals surface area contributed by atoms with Crippen LogP contribution < -0.4 is 0 Å². The minimum Gasteiger partial charge on any atom is -0.361 e. The Kier molecular flexibility index (Phi) is 15.1. The lowest BCUT2D eigenvalue weighted by Crippen LogP contribution is -2.38. The topological polar surface area (TPSA) is 85.9 Å². The molecule has 0 spiro atoms. The number of rotatable bonds is 15. The third-order valence-electron chi connectivity index (χ3n) is 12.1. The number of H-pyrrole nitrogens is 1. The van der Waals surface area contributed by atoms with Crippen molar-refractivity contribution in [3.8, 4) is 11.1 Å². The van der Waals surface area contributed by atoms with E-state index < -0.39 is 13.6 Å². The molecule has 70 heavy (non-hydrogen) atoms. The molecular weight excluding hydrogens is 938 g/mol. The molecule has 0 atom stereocenters. The highest BCUT2D eigenvalue weighted by Gasteiger charge is 2.39. The minimum atomic E-state index is -1.20. The van der Waals surface area contributed by atoms with E-state index in [0.29, 0.717) is 6.73 Å². The van der Waals surface area contributed by atoms with Gasteiger partial charge in [-0.1, -0.05) is 177 Å². The second kappa shape index (κ2) is 21.9. The molecule has 6 heterocycles. The monoisotopic (exact) mass is 991 g/mol. The quantitative estimate of drug-likeness (QED) is 0.0626. The number of fused-ring (bicyclic) bond motifs is 2. The Morgan fingerprint density at radius 3 is 1.71 bits per heavy atom. The van der Waals surface area contributed by atoms with Gasteiger partial charge < -0.3 is 14.3 Å². The molecule has 1 aliphatic rings. The van der Waals surface area contributed by atoms with E-state index in [4.69, 9.17) is 14.8 Å². The Hall–Kier alpha value is -6.73. The second-order valence-corrected chi connectivity index (χ2v) is 26.1. The summed E-state index contributed by atoms with van der Waals surface area (Å²) in [6, 6.07) is 58.4. The van der Waals surface area contributed by atoms with Crippen LogP contribution >= 0.6 is 35.9 Å². The smallest absolute Gasteiger partial charge is 0.142 e. The highest BCUT2D eigenvalue weighted by atomic mass is 35.5. The Morgan fingerprint density at radius 1 is 0.629 bits per heavy atom. The summed E-state index contributed by atoms with van der Waals surface area (Å²) in [5, 5.41) is 7.38. The molecule has 0 aliphatic carbocycles. The van der Waals surface area contributed by atoms with Gasteiger partial charge >= 0.3 is 0 Å². The van der Waals surface area contributed by atoms with E-state index in [-0.39, 0.29) is 12.4 Å². The van der Waals surface area contributed by atoms with Crippen LogP contribution in [0.3, 0.4) is 0 Å². The van der Waals surface area contributed by atoms with Crippen molar-refractivity contribution in [2.75, 3.05) is 13.2 Å². The number of hydrogen-bond donors (Lipinski definition) is 1. The highest BCUT2D eigenvalue weighted by molar-refractivity contribution is 7.99. The van der Waals surface area contributed by atoms with Gasteiger partial charge in [0.2, 0.25) is 0 Å². The number of nitrogens with zero attached hydrogens (tertiary/aromatic N) is 6. The second-order valence-electron chi connectivity index (χ2n) is 18.1. The van der Waals surface area contributed by atoms with Crippen LogP contribution in [-0.2, 0) is 17.0 Å². The van der Waals surface area contributed by atoms with Gasteiger partial charge in [-0.25, -0.2) is 9.97 Å². The first-order valence-electron chi connectivity index (χ1n) is 23.2. The van der Waals surface area contributed by atoms with Gasteiger partial charge in [-0.3, -0.25) is 9.67 Å².